The van der Waals surface area contributed by atoms with Crippen LogP contribution < -0.4 is 5.32 Å². The molecule has 2 N–H and O–H groups in total. The Morgan fingerprint density at radius 2 is 2.04 bits per heavy atom. The van der Waals surface area contributed by atoms with Crippen LogP contribution in [0.1, 0.15) is 12.8 Å². The van der Waals surface area contributed by atoms with Gasteiger partial charge in [-0.25, -0.2) is 8.78 Å². The molecule has 1 amide bonds. The molecule has 1 fully saturated rings. The van der Waals surface area contributed by atoms with Crippen molar-refractivity contribution in [1.29, 1.82) is 0 Å². The molecule has 1 saturated carbocycles. The smallest absolute Gasteiger partial charge is 0.227 e. The molecule has 23 heavy (non-hydrogen) atoms. The monoisotopic (exact) mass is 313 g/mol. The molecule has 0 bridgehead atoms. The van der Waals surface area contributed by atoms with Crippen LogP contribution in [0.15, 0.2) is 36.4 Å². The third-order valence-electron chi connectivity index (χ3n) is 3.95. The van der Waals surface area contributed by atoms with Crippen molar-refractivity contribution >= 4 is 22.5 Å². The molecule has 0 aliphatic heterocycles. The SMILES string of the molecule is O=C(Nc1cc2c(-c3cccc(F)c3)n[nH]c2cc1F)C1CC1. The van der Waals surface area contributed by atoms with E-state index in [-0.39, 0.29) is 23.3 Å². The number of halogens is 2. The van der Waals surface area contributed by atoms with Crippen LogP contribution in [-0.2, 0) is 4.79 Å². The summed E-state index contributed by atoms with van der Waals surface area (Å²) < 4.78 is 27.5. The van der Waals surface area contributed by atoms with Crippen molar-refractivity contribution < 1.29 is 13.6 Å². The van der Waals surface area contributed by atoms with E-state index in [1.807, 2.05) is 0 Å². The van der Waals surface area contributed by atoms with Gasteiger partial charge in [0.05, 0.1) is 11.2 Å². The van der Waals surface area contributed by atoms with Crippen molar-refractivity contribution in [2.24, 2.45) is 5.92 Å². The van der Waals surface area contributed by atoms with Gasteiger partial charge < -0.3 is 5.32 Å². The highest BCUT2D eigenvalue weighted by Crippen LogP contribution is 2.33. The number of nitrogens with one attached hydrogen (secondary N) is 2. The molecule has 0 radical (unpaired) electrons. The van der Waals surface area contributed by atoms with E-state index in [1.165, 1.54) is 24.3 Å². The number of carbonyl (C=O) groups excluding carboxylic acids is 1. The number of fused-ring (bicyclic) bond motifs is 1. The second-order valence-corrected chi connectivity index (χ2v) is 5.72. The van der Waals surface area contributed by atoms with Crippen molar-refractivity contribution in [1.82, 2.24) is 10.2 Å². The van der Waals surface area contributed by atoms with Gasteiger partial charge in [-0.1, -0.05) is 12.1 Å². The number of aromatic nitrogens is 2. The van der Waals surface area contributed by atoms with E-state index >= 15 is 0 Å². The fraction of sp³-hybridized carbons (Fsp3) is 0.176. The Labute approximate surface area is 130 Å². The standard InChI is InChI=1S/C17H13F2N3O/c18-11-3-1-2-10(6-11)16-12-7-15(20-17(23)9-4-5-9)13(19)8-14(12)21-22-16/h1-3,6-9H,4-5H2,(H,20,23)(H,21,22). The zero-order valence-electron chi connectivity index (χ0n) is 12.1. The van der Waals surface area contributed by atoms with Crippen LogP contribution in [0.2, 0.25) is 0 Å². The van der Waals surface area contributed by atoms with E-state index < -0.39 is 5.82 Å². The summed E-state index contributed by atoms with van der Waals surface area (Å²) in [4.78, 5) is 11.9. The molecule has 0 unspecified atom stereocenters. The van der Waals surface area contributed by atoms with Gasteiger partial charge in [-0.15, -0.1) is 0 Å². The Balaban J connectivity index is 1.79. The van der Waals surface area contributed by atoms with Crippen LogP contribution in [0.3, 0.4) is 0 Å². The van der Waals surface area contributed by atoms with Gasteiger partial charge in [0, 0.05) is 22.9 Å². The third kappa shape index (κ3) is 2.56. The van der Waals surface area contributed by atoms with E-state index in [2.05, 4.69) is 15.5 Å². The summed E-state index contributed by atoms with van der Waals surface area (Å²) in [5.74, 6) is -1.08. The van der Waals surface area contributed by atoms with Gasteiger partial charge >= 0.3 is 0 Å². The van der Waals surface area contributed by atoms with Gasteiger partial charge in [-0.3, -0.25) is 9.89 Å². The number of hydrogen-bond acceptors (Lipinski definition) is 2. The number of aromatic amines is 1. The fourth-order valence-corrected chi connectivity index (χ4v) is 2.57. The lowest BCUT2D eigenvalue weighted by Crippen LogP contribution is -2.14. The second-order valence-electron chi connectivity index (χ2n) is 5.72. The fourth-order valence-electron chi connectivity index (χ4n) is 2.57. The molecule has 116 valence electrons. The minimum Gasteiger partial charge on any atom is -0.323 e. The maximum absolute atomic E-state index is 14.1. The van der Waals surface area contributed by atoms with E-state index in [9.17, 15) is 13.6 Å². The van der Waals surface area contributed by atoms with Crippen LogP contribution in [-0.4, -0.2) is 16.1 Å². The average Bonchev–Trinajstić information content (AvgIpc) is 3.30. The van der Waals surface area contributed by atoms with E-state index in [4.69, 9.17) is 0 Å². The number of rotatable bonds is 3. The highest BCUT2D eigenvalue weighted by atomic mass is 19.1. The van der Waals surface area contributed by atoms with Gasteiger partial charge in [0.25, 0.3) is 0 Å². The summed E-state index contributed by atoms with van der Waals surface area (Å²) in [6, 6.07) is 8.85. The maximum Gasteiger partial charge on any atom is 0.227 e. The van der Waals surface area contributed by atoms with Crippen LogP contribution >= 0.6 is 0 Å². The van der Waals surface area contributed by atoms with Crippen LogP contribution in [0.5, 0.6) is 0 Å². The number of benzene rings is 2. The molecule has 0 saturated heterocycles. The number of H-pyrrole nitrogens is 1. The molecule has 1 aliphatic carbocycles. The Hall–Kier alpha value is -2.76. The molecular weight excluding hydrogens is 300 g/mol. The van der Waals surface area contributed by atoms with Gasteiger partial charge in [0.15, 0.2) is 0 Å². The van der Waals surface area contributed by atoms with Crippen molar-refractivity contribution in [3.05, 3.63) is 48.0 Å². The maximum atomic E-state index is 14.1. The summed E-state index contributed by atoms with van der Waals surface area (Å²) in [5.41, 5.74) is 1.71. The second kappa shape index (κ2) is 5.15. The summed E-state index contributed by atoms with van der Waals surface area (Å²) in [7, 11) is 0. The highest BCUT2D eigenvalue weighted by Gasteiger charge is 2.30. The Kier molecular flexibility index (Phi) is 3.11. The number of carbonyl (C=O) groups is 1. The molecule has 1 aliphatic rings. The Bertz CT molecular complexity index is 915. The number of nitrogens with zero attached hydrogens (tertiary/aromatic N) is 1. The largest absolute Gasteiger partial charge is 0.323 e. The zero-order chi connectivity index (χ0) is 16.0. The minimum atomic E-state index is -0.527. The first kappa shape index (κ1) is 13.9. The number of amides is 1. The molecule has 0 atom stereocenters. The molecule has 4 rings (SSSR count). The van der Waals surface area contributed by atoms with Crippen molar-refractivity contribution in [3.63, 3.8) is 0 Å². The first-order chi connectivity index (χ1) is 11.1. The number of hydrogen-bond donors (Lipinski definition) is 2. The molecule has 1 heterocycles. The normalized spacial score (nSPS) is 14.2. The lowest BCUT2D eigenvalue weighted by molar-refractivity contribution is -0.117. The van der Waals surface area contributed by atoms with Gasteiger partial charge in [-0.2, -0.15) is 5.10 Å². The molecule has 0 spiro atoms. The average molecular weight is 313 g/mol. The predicted molar refractivity (Wildman–Crippen MR) is 82.8 cm³/mol. The van der Waals surface area contributed by atoms with Crippen LogP contribution in [0, 0.1) is 17.6 Å². The summed E-state index contributed by atoms with van der Waals surface area (Å²) in [5, 5.41) is 10.1. The summed E-state index contributed by atoms with van der Waals surface area (Å²) in [6.07, 6.45) is 1.69. The van der Waals surface area contributed by atoms with Crippen LogP contribution in [0.25, 0.3) is 22.2 Å². The lowest BCUT2D eigenvalue weighted by atomic mass is 10.1. The first-order valence-electron chi connectivity index (χ1n) is 7.36. The zero-order valence-corrected chi connectivity index (χ0v) is 12.1. The molecule has 2 aromatic carbocycles. The van der Waals surface area contributed by atoms with Crippen molar-refractivity contribution in [3.8, 4) is 11.3 Å². The summed E-state index contributed by atoms with van der Waals surface area (Å²) in [6.45, 7) is 0. The van der Waals surface area contributed by atoms with E-state index in [1.54, 1.807) is 12.1 Å². The molecule has 1 aromatic heterocycles. The van der Waals surface area contributed by atoms with E-state index in [0.29, 0.717) is 22.2 Å². The number of anilines is 1. The van der Waals surface area contributed by atoms with E-state index in [0.717, 1.165) is 12.8 Å². The molecule has 6 heteroatoms. The quantitative estimate of drug-likeness (QED) is 0.771. The molecule has 4 nitrogen and oxygen atoms in total. The Morgan fingerprint density at radius 1 is 1.22 bits per heavy atom. The van der Waals surface area contributed by atoms with Crippen LogP contribution in [0.4, 0.5) is 14.5 Å². The third-order valence-corrected chi connectivity index (χ3v) is 3.95. The highest BCUT2D eigenvalue weighted by molar-refractivity contribution is 5.99. The summed E-state index contributed by atoms with van der Waals surface area (Å²) >= 11 is 0. The van der Waals surface area contributed by atoms with Crippen molar-refractivity contribution in [2.75, 3.05) is 5.32 Å². The first-order valence-corrected chi connectivity index (χ1v) is 7.36. The molecule has 3 aromatic rings. The lowest BCUT2D eigenvalue weighted by Gasteiger charge is -2.06. The molecular formula is C17H13F2N3O. The minimum absolute atomic E-state index is 0.0165. The topological polar surface area (TPSA) is 57.8 Å². The van der Waals surface area contributed by atoms with Gasteiger partial charge in [0.2, 0.25) is 5.91 Å². The predicted octanol–water partition coefficient (Wildman–Crippen LogP) is 3.86. The van der Waals surface area contributed by atoms with Gasteiger partial charge in [-0.05, 0) is 31.0 Å². The van der Waals surface area contributed by atoms with Crippen molar-refractivity contribution in [2.45, 2.75) is 12.8 Å². The van der Waals surface area contributed by atoms with Gasteiger partial charge in [0.1, 0.15) is 17.3 Å². The Morgan fingerprint density at radius 3 is 2.78 bits per heavy atom.